The number of benzene rings is 2. The molecule has 0 saturated carbocycles. The molecule has 2 aromatic carbocycles. The van der Waals surface area contributed by atoms with Crippen molar-refractivity contribution in [3.8, 4) is 0 Å². The third kappa shape index (κ3) is 10.3. The number of hydrogen-bond donors (Lipinski definition) is 0. The first-order chi connectivity index (χ1) is 20.0. The highest BCUT2D eigenvalue weighted by molar-refractivity contribution is 7.85. The maximum Gasteiger partial charge on any atom is 0.416 e. The molecule has 4 nitrogen and oxygen atoms in total. The zero-order valence-electron chi connectivity index (χ0n) is 25.8. The fraction of sp³-hybridized carbons (Fsp3) is 0.594. The Hall–Kier alpha value is -2.40. The second-order valence-corrected chi connectivity index (χ2v) is 13.0. The fourth-order valence-electron chi connectivity index (χ4n) is 5.37. The van der Waals surface area contributed by atoms with Gasteiger partial charge in [-0.15, -0.1) is 0 Å². The maximum atomic E-state index is 13.3. The van der Waals surface area contributed by atoms with Gasteiger partial charge in [-0.3, -0.25) is 9.00 Å². The van der Waals surface area contributed by atoms with Crippen molar-refractivity contribution in [1.29, 1.82) is 0 Å². The standard InChI is InChI=1S/C23H30F6N2O2S.C7H8.C2H6/c1-21(2,15-12-16(22(24,25)26)14-17(13-15)23(27,28)29)20(32)30(3)18-4-8-31(9-5-18)19-6-10-34(33)11-7-19;1-7-5-3-2-4-6-7;1-2/h12-14,18-19H,4-11H2,1-3H3;2-6H,1H3;1-2H3. The van der Waals surface area contributed by atoms with E-state index in [0.717, 1.165) is 25.9 Å². The summed E-state index contributed by atoms with van der Waals surface area (Å²) in [5.41, 5.74) is -3.44. The predicted octanol–water partition coefficient (Wildman–Crippen LogP) is 7.86. The van der Waals surface area contributed by atoms with Crippen LogP contribution in [-0.4, -0.2) is 63.6 Å². The monoisotopic (exact) mass is 634 g/mol. The highest BCUT2D eigenvalue weighted by Gasteiger charge is 2.42. The largest absolute Gasteiger partial charge is 0.416 e. The van der Waals surface area contributed by atoms with E-state index in [1.807, 2.05) is 32.0 Å². The summed E-state index contributed by atoms with van der Waals surface area (Å²) in [7, 11) is 0.813. The normalized spacial score (nSPS) is 20.3. The number of amides is 1. The van der Waals surface area contributed by atoms with E-state index in [4.69, 9.17) is 0 Å². The van der Waals surface area contributed by atoms with Crippen LogP contribution in [0.5, 0.6) is 0 Å². The Labute approximate surface area is 254 Å². The summed E-state index contributed by atoms with van der Waals surface area (Å²) < 4.78 is 91.4. The molecule has 0 aliphatic carbocycles. The number of nitrogens with zero attached hydrogens (tertiary/aromatic N) is 2. The molecule has 0 N–H and O–H groups in total. The molecule has 2 aliphatic heterocycles. The number of rotatable bonds is 4. The van der Waals surface area contributed by atoms with Gasteiger partial charge in [0.05, 0.1) is 16.5 Å². The van der Waals surface area contributed by atoms with Crippen LogP contribution in [0.4, 0.5) is 26.3 Å². The number of hydrogen-bond acceptors (Lipinski definition) is 3. The minimum Gasteiger partial charge on any atom is -0.342 e. The lowest BCUT2D eigenvalue weighted by Crippen LogP contribution is -2.52. The van der Waals surface area contributed by atoms with Crippen LogP contribution in [0.15, 0.2) is 48.5 Å². The molecule has 2 aromatic rings. The van der Waals surface area contributed by atoms with Gasteiger partial charge in [-0.1, -0.05) is 49.7 Å². The van der Waals surface area contributed by atoms with Crippen LogP contribution in [-0.2, 0) is 33.4 Å². The van der Waals surface area contributed by atoms with E-state index in [1.165, 1.54) is 24.3 Å². The lowest BCUT2D eigenvalue weighted by atomic mass is 9.80. The van der Waals surface area contributed by atoms with Crippen LogP contribution in [0, 0.1) is 6.92 Å². The van der Waals surface area contributed by atoms with Crippen LogP contribution in [0.25, 0.3) is 0 Å². The lowest BCUT2D eigenvalue weighted by Gasteiger charge is -2.43. The molecule has 2 fully saturated rings. The number of carbonyl (C=O) groups excluding carboxylic acids is 1. The highest BCUT2D eigenvalue weighted by atomic mass is 32.2. The van der Waals surface area contributed by atoms with Crippen LogP contribution in [0.3, 0.4) is 0 Å². The van der Waals surface area contributed by atoms with Gasteiger partial charge in [0.2, 0.25) is 5.91 Å². The molecule has 1 amide bonds. The summed E-state index contributed by atoms with van der Waals surface area (Å²) in [5.74, 6) is 0.855. The first kappa shape index (κ1) is 36.8. The zero-order valence-corrected chi connectivity index (χ0v) is 26.6. The van der Waals surface area contributed by atoms with Crippen molar-refractivity contribution in [3.63, 3.8) is 0 Å². The van der Waals surface area contributed by atoms with Crippen molar-refractivity contribution in [1.82, 2.24) is 9.80 Å². The molecule has 0 radical (unpaired) electrons. The summed E-state index contributed by atoms with van der Waals surface area (Å²) >= 11 is 0. The van der Waals surface area contributed by atoms with Gasteiger partial charge in [0.25, 0.3) is 0 Å². The quantitative estimate of drug-likeness (QED) is 0.322. The summed E-state index contributed by atoms with van der Waals surface area (Å²) in [6, 6.07) is 11.8. The maximum absolute atomic E-state index is 13.3. The molecular weight excluding hydrogens is 590 g/mol. The molecule has 43 heavy (non-hydrogen) atoms. The number of alkyl halides is 6. The van der Waals surface area contributed by atoms with Gasteiger partial charge in [-0.05, 0) is 70.2 Å². The molecule has 2 aliphatic rings. The Morgan fingerprint density at radius 3 is 1.65 bits per heavy atom. The van der Waals surface area contributed by atoms with Crippen molar-refractivity contribution >= 4 is 16.7 Å². The number of piperidine rings is 1. The number of aryl methyl sites for hydroxylation is 1. The zero-order chi connectivity index (χ0) is 32.6. The Bertz CT molecular complexity index is 1150. The average molecular weight is 635 g/mol. The summed E-state index contributed by atoms with van der Waals surface area (Å²) in [4.78, 5) is 17.1. The molecule has 4 rings (SSSR count). The van der Waals surface area contributed by atoms with Crippen molar-refractivity contribution in [3.05, 3.63) is 70.8 Å². The van der Waals surface area contributed by atoms with Crippen molar-refractivity contribution in [2.75, 3.05) is 31.6 Å². The number of likely N-dealkylation sites (N-methyl/N-ethyl adjacent to an activating group) is 1. The van der Waals surface area contributed by atoms with E-state index in [-0.39, 0.29) is 17.7 Å². The van der Waals surface area contributed by atoms with Crippen LogP contribution in [0.2, 0.25) is 0 Å². The molecule has 2 heterocycles. The topological polar surface area (TPSA) is 40.6 Å². The minimum absolute atomic E-state index is 0.0737. The molecule has 0 spiro atoms. The SMILES string of the molecule is CC.CN(C(=O)C(C)(C)c1cc(C(F)(F)F)cc(C(F)(F)F)c1)C1CCN(C2CCS(=O)CC2)CC1.Cc1ccccc1. The van der Waals surface area contributed by atoms with Crippen LogP contribution < -0.4 is 0 Å². The first-order valence-corrected chi connectivity index (χ1v) is 16.2. The summed E-state index contributed by atoms with van der Waals surface area (Å²) in [6.45, 7) is 10.3. The Balaban J connectivity index is 0.000000619. The Morgan fingerprint density at radius 1 is 0.814 bits per heavy atom. The average Bonchev–Trinajstić information content (AvgIpc) is 2.97. The van der Waals surface area contributed by atoms with Crippen LogP contribution in [0.1, 0.15) is 75.6 Å². The van der Waals surface area contributed by atoms with Gasteiger partial charge >= 0.3 is 12.4 Å². The highest BCUT2D eigenvalue weighted by Crippen LogP contribution is 2.39. The molecule has 0 bridgehead atoms. The van der Waals surface area contributed by atoms with Gasteiger partial charge in [0, 0.05) is 54.5 Å². The second-order valence-electron chi connectivity index (χ2n) is 11.3. The summed E-state index contributed by atoms with van der Waals surface area (Å²) in [5, 5.41) is 0. The van der Waals surface area contributed by atoms with Gasteiger partial charge in [-0.25, -0.2) is 0 Å². The minimum atomic E-state index is -4.97. The van der Waals surface area contributed by atoms with Gasteiger partial charge < -0.3 is 9.80 Å². The van der Waals surface area contributed by atoms with Gasteiger partial charge in [0.1, 0.15) is 0 Å². The number of halogens is 6. The molecule has 11 heteroatoms. The van der Waals surface area contributed by atoms with Gasteiger partial charge in [0.15, 0.2) is 0 Å². The fourth-order valence-corrected chi connectivity index (χ4v) is 6.64. The molecule has 2 saturated heterocycles. The second kappa shape index (κ2) is 15.5. The Morgan fingerprint density at radius 2 is 1.26 bits per heavy atom. The molecule has 242 valence electrons. The molecular formula is C32H44F6N2O2S. The van der Waals surface area contributed by atoms with Crippen LogP contribution >= 0.6 is 0 Å². The van der Waals surface area contributed by atoms with E-state index in [2.05, 4.69) is 24.0 Å². The number of likely N-dealkylation sites (tertiary alicyclic amines) is 1. The van der Waals surface area contributed by atoms with Crippen molar-refractivity contribution < 1.29 is 35.3 Å². The molecule has 0 aromatic heterocycles. The third-order valence-electron chi connectivity index (χ3n) is 8.03. The van der Waals surface area contributed by atoms with E-state index in [0.29, 0.717) is 42.5 Å². The predicted molar refractivity (Wildman–Crippen MR) is 160 cm³/mol. The molecule has 0 atom stereocenters. The smallest absolute Gasteiger partial charge is 0.342 e. The first-order valence-electron chi connectivity index (χ1n) is 14.7. The van der Waals surface area contributed by atoms with E-state index in [1.54, 1.807) is 7.05 Å². The van der Waals surface area contributed by atoms with Crippen molar-refractivity contribution in [2.24, 2.45) is 0 Å². The number of carbonyl (C=O) groups is 1. The third-order valence-corrected chi connectivity index (χ3v) is 9.41. The lowest BCUT2D eigenvalue weighted by molar-refractivity contribution is -0.144. The van der Waals surface area contributed by atoms with E-state index < -0.39 is 45.6 Å². The summed E-state index contributed by atoms with van der Waals surface area (Å²) in [6.07, 6.45) is -6.88. The Kier molecular flexibility index (Phi) is 13.3. The van der Waals surface area contributed by atoms with Crippen molar-refractivity contribution in [2.45, 2.75) is 90.2 Å². The van der Waals surface area contributed by atoms with Gasteiger partial charge in [-0.2, -0.15) is 26.3 Å². The van der Waals surface area contributed by atoms with E-state index in [9.17, 15) is 35.3 Å². The van der Waals surface area contributed by atoms with E-state index >= 15 is 0 Å². The molecule has 0 unspecified atom stereocenters.